The molecule has 0 radical (unpaired) electrons. The fourth-order valence-corrected chi connectivity index (χ4v) is 2.47. The van der Waals surface area contributed by atoms with Crippen molar-refractivity contribution >= 4 is 23.1 Å². The topological polar surface area (TPSA) is 54.5 Å². The average molecular weight is 333 g/mol. The number of benzene rings is 2. The smallest absolute Gasteiger partial charge is 0.259 e. The quantitative estimate of drug-likeness (QED) is 0.763. The summed E-state index contributed by atoms with van der Waals surface area (Å²) in [6.45, 7) is 0. The van der Waals surface area contributed by atoms with Crippen molar-refractivity contribution in [2.24, 2.45) is 0 Å². The summed E-state index contributed by atoms with van der Waals surface area (Å²) >= 11 is 0. The van der Waals surface area contributed by atoms with Gasteiger partial charge in [0.15, 0.2) is 0 Å². The largest absolute Gasteiger partial charge is 0.496 e. The molecular formula is C20H19N3O2. The van der Waals surface area contributed by atoms with E-state index in [4.69, 9.17) is 4.74 Å². The van der Waals surface area contributed by atoms with E-state index in [0.717, 1.165) is 11.5 Å². The highest BCUT2D eigenvalue weighted by Gasteiger charge is 2.12. The van der Waals surface area contributed by atoms with E-state index in [9.17, 15) is 4.79 Å². The second-order valence-electron chi connectivity index (χ2n) is 5.45. The standard InChI is InChI=1S/C20H19N3O2/c1-23(16-8-4-3-5-9-16)19-13-12-15(14-21-19)22-20(24)17-10-6-7-11-18(17)25-2/h3-14H,1-2H3,(H,22,24). The van der Waals surface area contributed by atoms with Gasteiger partial charge in [-0.1, -0.05) is 30.3 Å². The first-order valence-corrected chi connectivity index (χ1v) is 7.88. The number of carbonyl (C=O) groups is 1. The Hall–Kier alpha value is -3.34. The zero-order valence-corrected chi connectivity index (χ0v) is 14.1. The minimum Gasteiger partial charge on any atom is -0.496 e. The Labute approximate surface area is 146 Å². The molecule has 0 bridgehead atoms. The summed E-state index contributed by atoms with van der Waals surface area (Å²) in [6.07, 6.45) is 1.64. The van der Waals surface area contributed by atoms with Gasteiger partial charge in [-0.15, -0.1) is 0 Å². The van der Waals surface area contributed by atoms with Crippen molar-refractivity contribution in [3.63, 3.8) is 0 Å². The Morgan fingerprint density at radius 1 is 1.00 bits per heavy atom. The van der Waals surface area contributed by atoms with E-state index in [1.165, 1.54) is 0 Å². The van der Waals surface area contributed by atoms with E-state index in [2.05, 4.69) is 10.3 Å². The molecule has 126 valence electrons. The lowest BCUT2D eigenvalue weighted by Gasteiger charge is -2.18. The number of anilines is 3. The van der Waals surface area contributed by atoms with Gasteiger partial charge in [0.1, 0.15) is 11.6 Å². The zero-order chi connectivity index (χ0) is 17.6. The third kappa shape index (κ3) is 3.77. The summed E-state index contributed by atoms with van der Waals surface area (Å²) in [7, 11) is 3.49. The van der Waals surface area contributed by atoms with E-state index in [1.54, 1.807) is 31.5 Å². The van der Waals surface area contributed by atoms with Crippen molar-refractivity contribution in [1.29, 1.82) is 0 Å². The van der Waals surface area contributed by atoms with Gasteiger partial charge in [0.25, 0.3) is 5.91 Å². The Balaban J connectivity index is 1.73. The van der Waals surface area contributed by atoms with Crippen LogP contribution in [0.4, 0.5) is 17.2 Å². The van der Waals surface area contributed by atoms with Crippen LogP contribution < -0.4 is 15.0 Å². The number of hydrogen-bond acceptors (Lipinski definition) is 4. The molecule has 1 amide bonds. The molecule has 1 aromatic heterocycles. The Bertz CT molecular complexity index is 848. The predicted octanol–water partition coefficient (Wildman–Crippen LogP) is 4.11. The number of para-hydroxylation sites is 2. The predicted molar refractivity (Wildman–Crippen MR) is 99.7 cm³/mol. The first kappa shape index (κ1) is 16.5. The molecule has 3 rings (SSSR count). The lowest BCUT2D eigenvalue weighted by molar-refractivity contribution is 0.102. The molecule has 0 spiro atoms. The van der Waals surface area contributed by atoms with E-state index >= 15 is 0 Å². The number of nitrogens with zero attached hydrogens (tertiary/aromatic N) is 2. The van der Waals surface area contributed by atoms with Gasteiger partial charge in [0, 0.05) is 12.7 Å². The Morgan fingerprint density at radius 3 is 2.40 bits per heavy atom. The summed E-state index contributed by atoms with van der Waals surface area (Å²) in [4.78, 5) is 18.8. The molecule has 5 heteroatoms. The fourth-order valence-electron chi connectivity index (χ4n) is 2.47. The number of aromatic nitrogens is 1. The summed E-state index contributed by atoms with van der Waals surface area (Å²) in [5, 5.41) is 2.84. The lowest BCUT2D eigenvalue weighted by atomic mass is 10.2. The first-order chi connectivity index (χ1) is 12.2. The number of rotatable bonds is 5. The van der Waals surface area contributed by atoms with Gasteiger partial charge < -0.3 is 15.0 Å². The second kappa shape index (κ2) is 7.49. The Kier molecular flexibility index (Phi) is 4.95. The Morgan fingerprint density at radius 2 is 1.72 bits per heavy atom. The maximum absolute atomic E-state index is 12.4. The highest BCUT2D eigenvalue weighted by Crippen LogP contribution is 2.23. The summed E-state index contributed by atoms with van der Waals surface area (Å²) in [5.74, 6) is 1.10. The van der Waals surface area contributed by atoms with Gasteiger partial charge in [-0.05, 0) is 36.4 Å². The molecule has 1 N–H and O–H groups in total. The summed E-state index contributed by atoms with van der Waals surface area (Å²) in [5.41, 5.74) is 2.15. The van der Waals surface area contributed by atoms with Crippen LogP contribution in [0.15, 0.2) is 72.9 Å². The molecular weight excluding hydrogens is 314 g/mol. The molecule has 0 saturated heterocycles. The number of hydrogen-bond donors (Lipinski definition) is 1. The SMILES string of the molecule is COc1ccccc1C(=O)Nc1ccc(N(C)c2ccccc2)nc1. The fraction of sp³-hybridized carbons (Fsp3) is 0.100. The normalized spacial score (nSPS) is 10.2. The van der Waals surface area contributed by atoms with Gasteiger partial charge in [0.05, 0.1) is 24.6 Å². The molecule has 0 saturated carbocycles. The van der Waals surface area contributed by atoms with Crippen molar-refractivity contribution in [3.8, 4) is 5.75 Å². The van der Waals surface area contributed by atoms with Crippen LogP contribution in [0.25, 0.3) is 0 Å². The number of amides is 1. The number of methoxy groups -OCH3 is 1. The van der Waals surface area contributed by atoms with Gasteiger partial charge in [-0.2, -0.15) is 0 Å². The monoisotopic (exact) mass is 333 g/mol. The molecule has 25 heavy (non-hydrogen) atoms. The van der Waals surface area contributed by atoms with Crippen molar-refractivity contribution in [2.75, 3.05) is 24.4 Å². The molecule has 0 aliphatic rings. The number of nitrogens with one attached hydrogen (secondary N) is 1. The minimum absolute atomic E-state index is 0.233. The maximum Gasteiger partial charge on any atom is 0.259 e. The molecule has 2 aromatic carbocycles. The molecule has 0 atom stereocenters. The van der Waals surface area contributed by atoms with Crippen LogP contribution in [0.1, 0.15) is 10.4 Å². The lowest BCUT2D eigenvalue weighted by Crippen LogP contribution is -2.14. The van der Waals surface area contributed by atoms with E-state index in [-0.39, 0.29) is 5.91 Å². The summed E-state index contributed by atoms with van der Waals surface area (Å²) in [6, 6.07) is 20.8. The minimum atomic E-state index is -0.233. The highest BCUT2D eigenvalue weighted by molar-refractivity contribution is 6.06. The van der Waals surface area contributed by atoms with Crippen molar-refractivity contribution in [2.45, 2.75) is 0 Å². The third-order valence-corrected chi connectivity index (χ3v) is 3.84. The molecule has 0 fully saturated rings. The van der Waals surface area contributed by atoms with Gasteiger partial charge in [-0.3, -0.25) is 4.79 Å². The second-order valence-corrected chi connectivity index (χ2v) is 5.45. The van der Waals surface area contributed by atoms with Crippen LogP contribution in [0, 0.1) is 0 Å². The highest BCUT2D eigenvalue weighted by atomic mass is 16.5. The molecule has 0 aliphatic heterocycles. The number of pyridine rings is 1. The van der Waals surface area contributed by atoms with Crippen LogP contribution in [0.3, 0.4) is 0 Å². The van der Waals surface area contributed by atoms with Crippen LogP contribution in [0.2, 0.25) is 0 Å². The van der Waals surface area contributed by atoms with E-state index < -0.39 is 0 Å². The van der Waals surface area contributed by atoms with E-state index in [0.29, 0.717) is 17.0 Å². The molecule has 5 nitrogen and oxygen atoms in total. The third-order valence-electron chi connectivity index (χ3n) is 3.84. The van der Waals surface area contributed by atoms with Crippen LogP contribution >= 0.6 is 0 Å². The molecule has 3 aromatic rings. The van der Waals surface area contributed by atoms with Crippen molar-refractivity contribution in [3.05, 3.63) is 78.5 Å². The first-order valence-electron chi connectivity index (χ1n) is 7.88. The number of carbonyl (C=O) groups excluding carboxylic acids is 1. The molecule has 0 aliphatic carbocycles. The van der Waals surface area contributed by atoms with E-state index in [1.807, 2.05) is 60.5 Å². The van der Waals surface area contributed by atoms with Crippen molar-refractivity contribution < 1.29 is 9.53 Å². The average Bonchev–Trinajstić information content (AvgIpc) is 2.68. The van der Waals surface area contributed by atoms with Crippen LogP contribution in [-0.2, 0) is 0 Å². The van der Waals surface area contributed by atoms with Gasteiger partial charge in [0.2, 0.25) is 0 Å². The molecule has 1 heterocycles. The maximum atomic E-state index is 12.4. The van der Waals surface area contributed by atoms with Gasteiger partial charge >= 0.3 is 0 Å². The van der Waals surface area contributed by atoms with Crippen LogP contribution in [-0.4, -0.2) is 25.0 Å². The van der Waals surface area contributed by atoms with Crippen LogP contribution in [0.5, 0.6) is 5.75 Å². The van der Waals surface area contributed by atoms with Gasteiger partial charge in [-0.25, -0.2) is 4.98 Å². The zero-order valence-electron chi connectivity index (χ0n) is 14.1. The molecule has 0 unspecified atom stereocenters. The van der Waals surface area contributed by atoms with Crippen molar-refractivity contribution in [1.82, 2.24) is 4.98 Å². The number of ether oxygens (including phenoxy) is 1. The summed E-state index contributed by atoms with van der Waals surface area (Å²) < 4.78 is 5.22.